The Labute approximate surface area is 112 Å². The Balaban J connectivity index is 1.83. The molecule has 0 aromatic carbocycles. The molecule has 2 amide bonds. The van der Waals surface area contributed by atoms with Crippen molar-refractivity contribution in [2.75, 3.05) is 0 Å². The van der Waals surface area contributed by atoms with Gasteiger partial charge in [-0.2, -0.15) is 4.99 Å². The molecule has 1 atom stereocenters. The fourth-order valence-corrected chi connectivity index (χ4v) is 2.26. The summed E-state index contributed by atoms with van der Waals surface area (Å²) in [5.41, 5.74) is 0.939. The first-order chi connectivity index (χ1) is 8.78. The number of nitrogens with zero attached hydrogens (tertiary/aromatic N) is 1. The van der Waals surface area contributed by atoms with Crippen molar-refractivity contribution in [3.05, 3.63) is 23.7 Å². The number of hydrogen-bond acceptors (Lipinski definition) is 3. The molecular weight excluding hydrogens is 243 g/mol. The van der Waals surface area contributed by atoms with Crippen LogP contribution in [0, 0.1) is 0 Å². The van der Waals surface area contributed by atoms with Gasteiger partial charge in [-0.1, -0.05) is 12.2 Å². The fraction of sp³-hybridized carbons (Fsp3) is 0.538. The highest BCUT2D eigenvalue weighted by Gasteiger charge is 2.52. The van der Waals surface area contributed by atoms with Gasteiger partial charge in [-0.05, 0) is 39.2 Å². The number of carbonyl (C=O) groups excluding carboxylic acids is 1. The van der Waals surface area contributed by atoms with Gasteiger partial charge in [0.25, 0.3) is 0 Å². The van der Waals surface area contributed by atoms with Gasteiger partial charge in [-0.25, -0.2) is 4.79 Å². The van der Waals surface area contributed by atoms with E-state index in [4.69, 9.17) is 9.31 Å². The summed E-state index contributed by atoms with van der Waals surface area (Å²) in [5.74, 6) is 0. The van der Waals surface area contributed by atoms with E-state index in [9.17, 15) is 4.79 Å². The maximum atomic E-state index is 11.2. The summed E-state index contributed by atoms with van der Waals surface area (Å²) in [6, 6.07) is -0.456. The van der Waals surface area contributed by atoms with E-state index >= 15 is 0 Å². The lowest BCUT2D eigenvalue weighted by molar-refractivity contribution is 0.00578. The number of amides is 2. The van der Waals surface area contributed by atoms with Gasteiger partial charge in [0.05, 0.1) is 23.0 Å². The smallest absolute Gasteiger partial charge is 0.399 e. The fourth-order valence-electron chi connectivity index (χ4n) is 2.26. The molecule has 2 aliphatic heterocycles. The Morgan fingerprint density at radius 3 is 2.47 bits per heavy atom. The van der Waals surface area contributed by atoms with Crippen LogP contribution in [0.3, 0.4) is 0 Å². The standard InChI is InChI=1S/C13H17BN2O3/c1-12(2)13(3,4)19-14(18-12)8-5-6-9-10(7-8)16-11(17)15-9/h5-7,10H,1-4H3,(H,16,17)/t10-/m1/s1. The molecule has 0 radical (unpaired) electrons. The zero-order chi connectivity index (χ0) is 13.8. The molecule has 19 heavy (non-hydrogen) atoms. The van der Waals surface area contributed by atoms with Crippen molar-refractivity contribution in [1.82, 2.24) is 5.32 Å². The van der Waals surface area contributed by atoms with Gasteiger partial charge < -0.3 is 14.6 Å². The van der Waals surface area contributed by atoms with Crippen LogP contribution in [-0.4, -0.2) is 36.1 Å². The maximum Gasteiger partial charge on any atom is 0.494 e. The number of hydrogen-bond donors (Lipinski definition) is 1. The van der Waals surface area contributed by atoms with E-state index in [0.717, 1.165) is 11.2 Å². The highest BCUT2D eigenvalue weighted by Crippen LogP contribution is 2.39. The molecule has 0 bridgehead atoms. The van der Waals surface area contributed by atoms with Crippen molar-refractivity contribution in [3.8, 4) is 0 Å². The van der Waals surface area contributed by atoms with Crippen LogP contribution in [0.2, 0.25) is 0 Å². The molecule has 5 nitrogen and oxygen atoms in total. The molecule has 100 valence electrons. The summed E-state index contributed by atoms with van der Waals surface area (Å²) in [6.45, 7) is 8.07. The van der Waals surface area contributed by atoms with E-state index in [-0.39, 0.29) is 23.3 Å². The molecule has 0 aromatic heterocycles. The normalized spacial score (nSPS) is 30.8. The minimum atomic E-state index is -0.402. The lowest BCUT2D eigenvalue weighted by atomic mass is 9.74. The molecule has 1 aliphatic carbocycles. The van der Waals surface area contributed by atoms with Crippen LogP contribution in [0.15, 0.2) is 28.7 Å². The first-order valence-corrected chi connectivity index (χ1v) is 6.43. The molecule has 0 saturated carbocycles. The van der Waals surface area contributed by atoms with Crippen molar-refractivity contribution in [1.29, 1.82) is 0 Å². The lowest BCUT2D eigenvalue weighted by Gasteiger charge is -2.32. The molecular formula is C13H17BN2O3. The predicted molar refractivity (Wildman–Crippen MR) is 73.1 cm³/mol. The monoisotopic (exact) mass is 260 g/mol. The molecule has 1 fully saturated rings. The Hall–Kier alpha value is -1.40. The van der Waals surface area contributed by atoms with Gasteiger partial charge in [0, 0.05) is 0 Å². The Morgan fingerprint density at radius 2 is 1.84 bits per heavy atom. The average molecular weight is 260 g/mol. The third-order valence-corrected chi connectivity index (χ3v) is 4.16. The summed E-state index contributed by atoms with van der Waals surface area (Å²) >= 11 is 0. The molecule has 3 rings (SSSR count). The molecule has 0 spiro atoms. The van der Waals surface area contributed by atoms with E-state index in [0.29, 0.717) is 0 Å². The van der Waals surface area contributed by atoms with Crippen molar-refractivity contribution in [3.63, 3.8) is 0 Å². The first kappa shape index (κ1) is 12.6. The molecule has 0 aromatic rings. The lowest BCUT2D eigenvalue weighted by Crippen LogP contribution is -2.41. The largest absolute Gasteiger partial charge is 0.494 e. The minimum absolute atomic E-state index is 0.161. The number of rotatable bonds is 1. The molecule has 1 N–H and O–H groups in total. The van der Waals surface area contributed by atoms with E-state index in [2.05, 4.69) is 10.3 Å². The number of carbonyl (C=O) groups is 1. The van der Waals surface area contributed by atoms with Crippen molar-refractivity contribution < 1.29 is 14.1 Å². The second kappa shape index (κ2) is 3.80. The highest BCUT2D eigenvalue weighted by molar-refractivity contribution is 6.56. The summed E-state index contributed by atoms with van der Waals surface area (Å²) in [4.78, 5) is 15.1. The summed E-state index contributed by atoms with van der Waals surface area (Å²) in [7, 11) is -0.402. The quantitative estimate of drug-likeness (QED) is 0.729. The van der Waals surface area contributed by atoms with Gasteiger partial charge in [-0.3, -0.25) is 0 Å². The number of allylic oxidation sites excluding steroid dienone is 2. The summed E-state index contributed by atoms with van der Waals surface area (Å²) < 4.78 is 12.0. The second-order valence-corrected chi connectivity index (χ2v) is 6.05. The number of urea groups is 1. The van der Waals surface area contributed by atoms with E-state index < -0.39 is 7.12 Å². The van der Waals surface area contributed by atoms with Crippen LogP contribution in [0.1, 0.15) is 27.7 Å². The number of nitrogens with one attached hydrogen (secondary N) is 1. The Morgan fingerprint density at radius 1 is 1.21 bits per heavy atom. The SMILES string of the molecule is CC1(C)OB(C2=C[C@H]3NC(=O)N=C3C=C2)OC1(C)C. The van der Waals surface area contributed by atoms with Gasteiger partial charge in [-0.15, -0.1) is 0 Å². The van der Waals surface area contributed by atoms with Crippen LogP contribution >= 0.6 is 0 Å². The number of aliphatic imine (C=N–C) groups is 1. The molecule has 6 heteroatoms. The summed E-state index contributed by atoms with van der Waals surface area (Å²) in [6.07, 6.45) is 5.67. The molecule has 3 aliphatic rings. The van der Waals surface area contributed by atoms with Crippen LogP contribution in [0.5, 0.6) is 0 Å². The zero-order valence-electron chi connectivity index (χ0n) is 11.6. The van der Waals surface area contributed by atoms with Crippen molar-refractivity contribution in [2.24, 2.45) is 4.99 Å². The predicted octanol–water partition coefficient (Wildman–Crippen LogP) is 1.65. The van der Waals surface area contributed by atoms with Crippen LogP contribution < -0.4 is 5.32 Å². The number of fused-ring (bicyclic) bond motifs is 1. The molecule has 1 saturated heterocycles. The van der Waals surface area contributed by atoms with Crippen LogP contribution in [0.25, 0.3) is 0 Å². The maximum absolute atomic E-state index is 11.2. The zero-order valence-corrected chi connectivity index (χ0v) is 11.6. The van der Waals surface area contributed by atoms with E-state index in [1.165, 1.54) is 0 Å². The third kappa shape index (κ3) is 1.95. The molecule has 2 heterocycles. The Bertz CT molecular complexity index is 518. The van der Waals surface area contributed by atoms with E-state index in [1.807, 2.05) is 45.9 Å². The van der Waals surface area contributed by atoms with Gasteiger partial charge in [0.1, 0.15) is 0 Å². The van der Waals surface area contributed by atoms with Gasteiger partial charge >= 0.3 is 13.1 Å². The van der Waals surface area contributed by atoms with Gasteiger partial charge in [0.2, 0.25) is 0 Å². The minimum Gasteiger partial charge on any atom is -0.399 e. The molecule has 0 unspecified atom stereocenters. The third-order valence-electron chi connectivity index (χ3n) is 4.16. The summed E-state index contributed by atoms with van der Waals surface area (Å²) in [5, 5.41) is 2.77. The first-order valence-electron chi connectivity index (χ1n) is 6.43. The van der Waals surface area contributed by atoms with Crippen LogP contribution in [0.4, 0.5) is 4.79 Å². The van der Waals surface area contributed by atoms with Crippen molar-refractivity contribution in [2.45, 2.75) is 44.9 Å². The van der Waals surface area contributed by atoms with Crippen LogP contribution in [-0.2, 0) is 9.31 Å². The highest BCUT2D eigenvalue weighted by atomic mass is 16.7. The van der Waals surface area contributed by atoms with Crippen molar-refractivity contribution >= 4 is 18.9 Å². The second-order valence-electron chi connectivity index (χ2n) is 6.05. The van der Waals surface area contributed by atoms with Gasteiger partial charge in [0.15, 0.2) is 0 Å². The topological polar surface area (TPSA) is 59.9 Å². The van der Waals surface area contributed by atoms with E-state index in [1.54, 1.807) is 0 Å². The Kier molecular flexibility index (Phi) is 2.53. The average Bonchev–Trinajstić information content (AvgIpc) is 2.74.